The van der Waals surface area contributed by atoms with Crippen molar-refractivity contribution >= 4 is 46.9 Å². The number of carbonyl (C=O) groups is 2. The van der Waals surface area contributed by atoms with Crippen molar-refractivity contribution in [2.24, 2.45) is 0 Å². The summed E-state index contributed by atoms with van der Waals surface area (Å²) in [5.41, 5.74) is 1.77. The Kier molecular flexibility index (Phi) is 19.8. The van der Waals surface area contributed by atoms with Crippen LogP contribution >= 0.6 is 34.8 Å². The van der Waals surface area contributed by atoms with Gasteiger partial charge < -0.3 is 39.2 Å². The average molecular weight is 761 g/mol. The molecule has 10 nitrogen and oxygen atoms in total. The summed E-state index contributed by atoms with van der Waals surface area (Å²) in [5, 5.41) is 23.8. The minimum absolute atomic E-state index is 0.0515. The third-order valence-corrected chi connectivity index (χ3v) is 8.71. The second-order valence-corrected chi connectivity index (χ2v) is 15.1. The Balaban J connectivity index is 1.70. The fourth-order valence-electron chi connectivity index (χ4n) is 5.68. The van der Waals surface area contributed by atoms with Gasteiger partial charge in [0.25, 0.3) is 0 Å². The SMILES string of the molecule is CCCCCCCCCCC[C@H](CC(=O)O[C@H]1[C@H](O)[C@@H](CO)O[C@H](OCc2ccccc2)[C@@H]1NC(=O)OCC(Cl)(Cl)Cl)OCc1ccccc1. The van der Waals surface area contributed by atoms with Crippen LogP contribution in [-0.2, 0) is 41.7 Å². The number of rotatable bonds is 22. The maximum Gasteiger partial charge on any atom is 0.407 e. The number of unbranched alkanes of at least 4 members (excludes halogenated alkanes) is 8. The number of aliphatic hydroxyl groups is 2. The summed E-state index contributed by atoms with van der Waals surface area (Å²) in [7, 11) is 0. The molecule has 0 spiro atoms. The number of benzene rings is 2. The molecule has 1 aliphatic heterocycles. The van der Waals surface area contributed by atoms with Gasteiger partial charge in [-0.1, -0.05) is 160 Å². The Bertz CT molecular complexity index is 1220. The molecule has 1 saturated heterocycles. The molecule has 0 unspecified atom stereocenters. The van der Waals surface area contributed by atoms with Gasteiger partial charge in [-0.15, -0.1) is 0 Å². The van der Waals surface area contributed by atoms with Gasteiger partial charge >= 0.3 is 12.1 Å². The zero-order valence-electron chi connectivity index (χ0n) is 28.7. The first-order valence-electron chi connectivity index (χ1n) is 17.5. The second kappa shape index (κ2) is 23.4. The van der Waals surface area contributed by atoms with Crippen molar-refractivity contribution in [1.82, 2.24) is 5.32 Å². The molecule has 0 bridgehead atoms. The number of hydrogen-bond acceptors (Lipinski definition) is 9. The van der Waals surface area contributed by atoms with Gasteiger partial charge in [0.05, 0.1) is 32.3 Å². The van der Waals surface area contributed by atoms with Gasteiger partial charge in [0.1, 0.15) is 24.9 Å². The number of amides is 1. The number of halogens is 3. The maximum absolute atomic E-state index is 13.6. The average Bonchev–Trinajstić information content (AvgIpc) is 3.10. The summed E-state index contributed by atoms with van der Waals surface area (Å²) in [4.78, 5) is 26.4. The van der Waals surface area contributed by atoms with Gasteiger partial charge in [-0.2, -0.15) is 0 Å². The molecular weight excluding hydrogens is 709 g/mol. The molecule has 0 aromatic heterocycles. The highest BCUT2D eigenvalue weighted by molar-refractivity contribution is 6.67. The molecule has 0 saturated carbocycles. The van der Waals surface area contributed by atoms with E-state index in [0.29, 0.717) is 13.0 Å². The fourth-order valence-corrected chi connectivity index (χ4v) is 5.85. The van der Waals surface area contributed by atoms with Crippen LogP contribution < -0.4 is 5.32 Å². The van der Waals surface area contributed by atoms with Gasteiger partial charge in [-0.25, -0.2) is 4.79 Å². The van der Waals surface area contributed by atoms with E-state index in [-0.39, 0.29) is 13.0 Å². The number of alkyl carbamates (subject to hydrolysis) is 1. The van der Waals surface area contributed by atoms with Gasteiger partial charge in [0.2, 0.25) is 3.79 Å². The molecule has 13 heteroatoms. The summed E-state index contributed by atoms with van der Waals surface area (Å²) >= 11 is 17.2. The van der Waals surface area contributed by atoms with Crippen molar-refractivity contribution in [2.75, 3.05) is 13.2 Å². The largest absolute Gasteiger partial charge is 0.457 e. The molecule has 2 aromatic rings. The monoisotopic (exact) mass is 759 g/mol. The van der Waals surface area contributed by atoms with E-state index >= 15 is 0 Å². The zero-order valence-corrected chi connectivity index (χ0v) is 31.0. The first kappa shape index (κ1) is 42.3. The molecule has 1 amide bonds. The first-order valence-corrected chi connectivity index (χ1v) is 18.7. The molecule has 0 radical (unpaired) electrons. The van der Waals surface area contributed by atoms with Crippen molar-refractivity contribution in [3.63, 3.8) is 0 Å². The Labute approximate surface area is 311 Å². The highest BCUT2D eigenvalue weighted by atomic mass is 35.6. The Morgan fingerprint density at radius 3 is 2.04 bits per heavy atom. The van der Waals surface area contributed by atoms with Gasteiger partial charge in [-0.05, 0) is 17.5 Å². The lowest BCUT2D eigenvalue weighted by atomic mass is 9.96. The molecule has 280 valence electrons. The summed E-state index contributed by atoms with van der Waals surface area (Å²) in [5.74, 6) is -0.662. The zero-order chi connectivity index (χ0) is 36.2. The standard InChI is InChI=1S/C37H52Cl3NO9/c1-2-3-4-5-6-7-8-9-16-21-29(46-24-27-17-12-10-13-18-27)22-31(43)50-34-32(41-36(45)48-26-37(38,39)40)35(49-30(23-42)33(34)44)47-25-28-19-14-11-15-20-28/h10-15,17-20,29-30,32-35,42,44H,2-9,16,21-26H2,1H3,(H,41,45)/t29-,30-,32-,33-,34-,35+/m1/s1. The lowest BCUT2D eigenvalue weighted by Crippen LogP contribution is -2.66. The van der Waals surface area contributed by atoms with Crippen molar-refractivity contribution < 1.29 is 43.5 Å². The molecule has 1 fully saturated rings. The summed E-state index contributed by atoms with van der Waals surface area (Å²) in [6, 6.07) is 17.6. The van der Waals surface area contributed by atoms with Crippen molar-refractivity contribution in [3.8, 4) is 0 Å². The minimum atomic E-state index is -1.87. The molecule has 2 aromatic carbocycles. The predicted molar refractivity (Wildman–Crippen MR) is 193 cm³/mol. The van der Waals surface area contributed by atoms with Crippen LogP contribution in [0.5, 0.6) is 0 Å². The Hall–Kier alpha value is -2.15. The Morgan fingerprint density at radius 2 is 1.46 bits per heavy atom. The number of carbonyl (C=O) groups excluding carboxylic acids is 2. The normalized spacial score (nSPS) is 21.4. The number of ether oxygens (including phenoxy) is 5. The number of alkyl halides is 3. The molecule has 6 atom stereocenters. The molecular formula is C37H52Cl3NO9. The van der Waals surface area contributed by atoms with Crippen LogP contribution in [0.4, 0.5) is 4.79 Å². The van der Waals surface area contributed by atoms with E-state index < -0.39 is 65.8 Å². The van der Waals surface area contributed by atoms with Crippen molar-refractivity contribution in [1.29, 1.82) is 0 Å². The van der Waals surface area contributed by atoms with E-state index in [0.717, 1.165) is 30.4 Å². The van der Waals surface area contributed by atoms with Crippen LogP contribution in [0, 0.1) is 0 Å². The minimum Gasteiger partial charge on any atom is -0.457 e. The molecule has 0 aliphatic carbocycles. The second-order valence-electron chi connectivity index (χ2n) is 12.6. The summed E-state index contributed by atoms with van der Waals surface area (Å²) in [6.07, 6.45) is 4.17. The predicted octanol–water partition coefficient (Wildman–Crippen LogP) is 7.55. The van der Waals surface area contributed by atoms with Crippen LogP contribution in [0.25, 0.3) is 0 Å². The summed E-state index contributed by atoms with van der Waals surface area (Å²) in [6.45, 7) is 1.40. The molecule has 1 aliphatic rings. The van der Waals surface area contributed by atoms with E-state index in [1.807, 2.05) is 60.7 Å². The third-order valence-electron chi connectivity index (χ3n) is 8.38. The summed E-state index contributed by atoms with van der Waals surface area (Å²) < 4.78 is 27.1. The van der Waals surface area contributed by atoms with Gasteiger partial charge in [0.15, 0.2) is 12.4 Å². The van der Waals surface area contributed by atoms with E-state index in [9.17, 15) is 19.8 Å². The maximum atomic E-state index is 13.6. The smallest absolute Gasteiger partial charge is 0.407 e. The van der Waals surface area contributed by atoms with Crippen LogP contribution in [0.2, 0.25) is 0 Å². The Morgan fingerprint density at radius 1 is 0.880 bits per heavy atom. The highest BCUT2D eigenvalue weighted by Gasteiger charge is 2.49. The van der Waals surface area contributed by atoms with Crippen LogP contribution in [0.3, 0.4) is 0 Å². The van der Waals surface area contributed by atoms with Gasteiger partial charge in [0, 0.05) is 0 Å². The van der Waals surface area contributed by atoms with E-state index in [1.54, 1.807) is 0 Å². The van der Waals surface area contributed by atoms with Crippen LogP contribution in [-0.4, -0.2) is 76.0 Å². The lowest BCUT2D eigenvalue weighted by Gasteiger charge is -2.43. The lowest BCUT2D eigenvalue weighted by molar-refractivity contribution is -0.276. The quantitative estimate of drug-likeness (QED) is 0.0632. The van der Waals surface area contributed by atoms with E-state index in [2.05, 4.69) is 12.2 Å². The van der Waals surface area contributed by atoms with Crippen molar-refractivity contribution in [3.05, 3.63) is 71.8 Å². The number of nitrogens with one attached hydrogen (secondary N) is 1. The van der Waals surface area contributed by atoms with Crippen LogP contribution in [0.1, 0.15) is 88.7 Å². The fraction of sp³-hybridized carbons (Fsp3) is 0.622. The topological polar surface area (TPSA) is 133 Å². The van der Waals surface area contributed by atoms with E-state index in [1.165, 1.54) is 38.5 Å². The number of aliphatic hydroxyl groups excluding tert-OH is 2. The molecule has 1 heterocycles. The molecule has 3 N–H and O–H groups in total. The first-order chi connectivity index (χ1) is 24.1. The third kappa shape index (κ3) is 16.5. The van der Waals surface area contributed by atoms with Crippen molar-refractivity contribution in [2.45, 2.75) is 131 Å². The molecule has 3 rings (SSSR count). The molecule has 50 heavy (non-hydrogen) atoms. The van der Waals surface area contributed by atoms with E-state index in [4.69, 9.17) is 58.5 Å². The number of hydrogen-bond donors (Lipinski definition) is 3. The highest BCUT2D eigenvalue weighted by Crippen LogP contribution is 2.28. The number of esters is 1. The van der Waals surface area contributed by atoms with Crippen LogP contribution in [0.15, 0.2) is 60.7 Å². The van der Waals surface area contributed by atoms with Gasteiger partial charge in [-0.3, -0.25) is 4.79 Å².